The number of hydrogen-bond donors (Lipinski definition) is 2. The molecule has 1 atom stereocenters. The number of H-pyrrole nitrogens is 1. The average Bonchev–Trinajstić information content (AvgIpc) is 3.14. The van der Waals surface area contributed by atoms with E-state index < -0.39 is 19.0 Å². The molecule has 0 radical (unpaired) electrons. The van der Waals surface area contributed by atoms with Crippen LogP contribution in [0.5, 0.6) is 0 Å². The number of aromatic amines is 1. The molecular formula is C19H23FN5O6P. The van der Waals surface area contributed by atoms with Crippen molar-refractivity contribution in [1.82, 2.24) is 19.5 Å². The zero-order valence-electron chi connectivity index (χ0n) is 17.3. The highest BCUT2D eigenvalue weighted by Gasteiger charge is 2.25. The molecule has 0 amide bonds. The van der Waals surface area contributed by atoms with Gasteiger partial charge in [0.1, 0.15) is 12.4 Å². The molecule has 3 N–H and O–H groups in total. The molecular weight excluding hydrogens is 444 g/mol. The van der Waals surface area contributed by atoms with Gasteiger partial charge in [0.2, 0.25) is 5.95 Å². The summed E-state index contributed by atoms with van der Waals surface area (Å²) in [5.41, 5.74) is 6.08. The first-order valence-corrected chi connectivity index (χ1v) is 11.4. The molecule has 172 valence electrons. The number of carbonyl (C=O) groups excluding carboxylic acids is 1. The molecule has 0 bridgehead atoms. The molecule has 0 spiro atoms. The lowest BCUT2D eigenvalue weighted by molar-refractivity contribution is -0.119. The van der Waals surface area contributed by atoms with Crippen LogP contribution < -0.4 is 11.3 Å². The first-order valence-electron chi connectivity index (χ1n) is 9.66. The Labute approximate surface area is 182 Å². The monoisotopic (exact) mass is 467 g/mol. The zero-order valence-corrected chi connectivity index (χ0v) is 18.2. The van der Waals surface area contributed by atoms with E-state index in [0.717, 1.165) is 0 Å². The van der Waals surface area contributed by atoms with Crippen LogP contribution in [-0.2, 0) is 36.3 Å². The van der Waals surface area contributed by atoms with E-state index in [1.54, 1.807) is 10.6 Å². The minimum absolute atomic E-state index is 0.0150. The third-order valence-corrected chi connectivity index (χ3v) is 6.04. The molecule has 0 aliphatic heterocycles. The molecule has 32 heavy (non-hydrogen) atoms. The topological polar surface area (TPSA) is 151 Å². The van der Waals surface area contributed by atoms with E-state index in [-0.39, 0.29) is 49.8 Å². The number of anilines is 1. The van der Waals surface area contributed by atoms with Crippen LogP contribution in [0.3, 0.4) is 0 Å². The highest BCUT2D eigenvalue weighted by Crippen LogP contribution is 2.48. The number of benzene rings is 1. The van der Waals surface area contributed by atoms with Crippen LogP contribution in [-0.4, -0.2) is 51.3 Å². The SMILES string of the molecule is CC(=O)COP(=O)(CCOCCn1cnc2c(=O)[nH]c(N)nc21)OCc1cccc(F)c1. The minimum Gasteiger partial charge on any atom is -0.379 e. The third kappa shape index (κ3) is 6.54. The van der Waals surface area contributed by atoms with E-state index in [1.165, 1.54) is 31.5 Å². The molecule has 2 aromatic heterocycles. The molecule has 0 saturated heterocycles. The maximum absolute atomic E-state index is 13.3. The number of rotatable bonds is 12. The Balaban J connectivity index is 1.53. The third-order valence-electron chi connectivity index (χ3n) is 4.26. The van der Waals surface area contributed by atoms with Gasteiger partial charge in [0.15, 0.2) is 16.9 Å². The lowest BCUT2D eigenvalue weighted by atomic mass is 10.2. The van der Waals surface area contributed by atoms with Gasteiger partial charge in [0.25, 0.3) is 5.56 Å². The van der Waals surface area contributed by atoms with Gasteiger partial charge in [-0.15, -0.1) is 0 Å². The highest BCUT2D eigenvalue weighted by atomic mass is 31.2. The van der Waals surface area contributed by atoms with Crippen LogP contribution >= 0.6 is 7.60 Å². The molecule has 0 saturated carbocycles. The smallest absolute Gasteiger partial charge is 0.333 e. The first-order chi connectivity index (χ1) is 15.3. The number of nitrogen functional groups attached to an aromatic ring is 1. The molecule has 13 heteroatoms. The fraction of sp³-hybridized carbons (Fsp3) is 0.368. The van der Waals surface area contributed by atoms with E-state index >= 15 is 0 Å². The predicted octanol–water partition coefficient (Wildman–Crippen LogP) is 1.87. The summed E-state index contributed by atoms with van der Waals surface area (Å²) in [6.45, 7) is 1.31. The summed E-state index contributed by atoms with van der Waals surface area (Å²) in [7, 11) is -3.67. The number of fused-ring (bicyclic) bond motifs is 1. The van der Waals surface area contributed by atoms with Crippen molar-refractivity contribution in [2.75, 3.05) is 31.7 Å². The molecule has 0 fully saturated rings. The Bertz CT molecular complexity index is 1200. The molecule has 1 aromatic carbocycles. The zero-order chi connectivity index (χ0) is 23.1. The number of nitrogens with zero attached hydrogens (tertiary/aromatic N) is 3. The number of nitrogens with two attached hydrogens (primary N) is 1. The summed E-state index contributed by atoms with van der Waals surface area (Å²) >= 11 is 0. The van der Waals surface area contributed by atoms with Crippen molar-refractivity contribution in [3.8, 4) is 0 Å². The lowest BCUT2D eigenvalue weighted by Crippen LogP contribution is -2.14. The van der Waals surface area contributed by atoms with Crippen molar-refractivity contribution in [2.24, 2.45) is 0 Å². The van der Waals surface area contributed by atoms with Gasteiger partial charge in [0, 0.05) is 6.54 Å². The van der Waals surface area contributed by atoms with Crippen LogP contribution in [0.1, 0.15) is 12.5 Å². The largest absolute Gasteiger partial charge is 0.379 e. The fourth-order valence-electron chi connectivity index (χ4n) is 2.73. The maximum atomic E-state index is 13.3. The molecule has 2 heterocycles. The number of ether oxygens (including phenoxy) is 1. The van der Waals surface area contributed by atoms with Crippen LogP contribution in [0.25, 0.3) is 11.2 Å². The van der Waals surface area contributed by atoms with Gasteiger partial charge < -0.3 is 24.1 Å². The normalized spacial score (nSPS) is 13.3. The number of halogens is 1. The average molecular weight is 467 g/mol. The number of hydrogen-bond acceptors (Lipinski definition) is 9. The summed E-state index contributed by atoms with van der Waals surface area (Å²) < 4.78 is 44.0. The number of Topliss-reactive ketones (excluding diaryl/α,β-unsaturated/α-hetero) is 1. The van der Waals surface area contributed by atoms with Crippen LogP contribution in [0.15, 0.2) is 35.4 Å². The number of nitrogens with one attached hydrogen (secondary N) is 1. The van der Waals surface area contributed by atoms with Gasteiger partial charge in [-0.3, -0.25) is 19.1 Å². The second kappa shape index (κ2) is 10.6. The van der Waals surface area contributed by atoms with E-state index in [2.05, 4.69) is 15.0 Å². The molecule has 3 rings (SSSR count). The fourth-order valence-corrected chi connectivity index (χ4v) is 4.14. The molecule has 1 unspecified atom stereocenters. The molecule has 0 aliphatic rings. The Morgan fingerprint density at radius 1 is 1.31 bits per heavy atom. The lowest BCUT2D eigenvalue weighted by Gasteiger charge is -2.18. The van der Waals surface area contributed by atoms with Gasteiger partial charge >= 0.3 is 7.60 Å². The van der Waals surface area contributed by atoms with Crippen molar-refractivity contribution in [3.63, 3.8) is 0 Å². The minimum atomic E-state index is -3.67. The Morgan fingerprint density at radius 3 is 2.88 bits per heavy atom. The Hall–Kier alpha value is -2.92. The van der Waals surface area contributed by atoms with Gasteiger partial charge in [-0.05, 0) is 24.6 Å². The van der Waals surface area contributed by atoms with Gasteiger partial charge in [0.05, 0.1) is 32.3 Å². The summed E-state index contributed by atoms with van der Waals surface area (Å²) in [6, 6.07) is 5.67. The predicted molar refractivity (Wildman–Crippen MR) is 114 cm³/mol. The number of carbonyl (C=O) groups is 1. The van der Waals surface area contributed by atoms with E-state index in [1.807, 2.05) is 0 Å². The Morgan fingerprint density at radius 2 is 2.12 bits per heavy atom. The summed E-state index contributed by atoms with van der Waals surface area (Å²) in [6.07, 6.45) is 1.34. The first kappa shape index (κ1) is 23.7. The van der Waals surface area contributed by atoms with Crippen molar-refractivity contribution in [2.45, 2.75) is 20.1 Å². The second-order valence-corrected chi connectivity index (χ2v) is 9.07. The van der Waals surface area contributed by atoms with Crippen LogP contribution in [0, 0.1) is 5.82 Å². The standard InChI is InChI=1S/C19H23FN5O6P/c1-13(26)10-30-32(28,31-11-14-3-2-4-15(20)9-14)8-7-29-6-5-25-12-22-16-17(25)23-19(21)24-18(16)27/h2-4,9,12H,5-8,10-11H2,1H3,(H3,21,23,24,27). The van der Waals surface area contributed by atoms with Gasteiger partial charge in [-0.2, -0.15) is 4.98 Å². The maximum Gasteiger partial charge on any atom is 0.333 e. The summed E-state index contributed by atoms with van der Waals surface area (Å²) in [4.78, 5) is 33.5. The van der Waals surface area contributed by atoms with Gasteiger partial charge in [-0.1, -0.05) is 12.1 Å². The van der Waals surface area contributed by atoms with Crippen molar-refractivity contribution in [1.29, 1.82) is 0 Å². The van der Waals surface area contributed by atoms with Crippen LogP contribution in [0.2, 0.25) is 0 Å². The Kier molecular flexibility index (Phi) is 7.86. The molecule has 3 aromatic rings. The van der Waals surface area contributed by atoms with E-state index in [9.17, 15) is 18.5 Å². The van der Waals surface area contributed by atoms with Crippen molar-refractivity contribution in [3.05, 3.63) is 52.3 Å². The van der Waals surface area contributed by atoms with E-state index in [4.69, 9.17) is 19.5 Å². The number of imidazole rings is 1. The molecule has 11 nitrogen and oxygen atoms in total. The van der Waals surface area contributed by atoms with E-state index in [0.29, 0.717) is 17.8 Å². The summed E-state index contributed by atoms with van der Waals surface area (Å²) in [5, 5.41) is 0. The number of aromatic nitrogens is 4. The van der Waals surface area contributed by atoms with Crippen LogP contribution in [0.4, 0.5) is 10.3 Å². The van der Waals surface area contributed by atoms with Crippen molar-refractivity contribution < 1.29 is 27.5 Å². The number of ketones is 1. The van der Waals surface area contributed by atoms with Crippen molar-refractivity contribution >= 4 is 30.5 Å². The van der Waals surface area contributed by atoms with Gasteiger partial charge in [-0.25, -0.2) is 9.37 Å². The highest BCUT2D eigenvalue weighted by molar-refractivity contribution is 7.53. The molecule has 0 aliphatic carbocycles. The quantitative estimate of drug-likeness (QED) is 0.300. The summed E-state index contributed by atoms with van der Waals surface area (Å²) in [5.74, 6) is -0.780. The second-order valence-electron chi connectivity index (χ2n) is 6.89.